The molecule has 0 aliphatic rings. The molecule has 0 radical (unpaired) electrons. The Bertz CT molecular complexity index is 307. The minimum Gasteiger partial charge on any atom is -0.294 e. The molecule has 0 aliphatic carbocycles. The SMILES string of the molecule is CCCC(=O)c1cccnc1CCC. The van der Waals surface area contributed by atoms with Crippen LogP contribution in [-0.4, -0.2) is 10.8 Å². The van der Waals surface area contributed by atoms with Gasteiger partial charge in [0, 0.05) is 18.2 Å². The number of aryl methyl sites for hydroxylation is 1. The van der Waals surface area contributed by atoms with Gasteiger partial charge in [-0.3, -0.25) is 9.78 Å². The van der Waals surface area contributed by atoms with Crippen LogP contribution in [0.1, 0.15) is 49.2 Å². The minimum atomic E-state index is 0.226. The number of carbonyl (C=O) groups is 1. The molecule has 14 heavy (non-hydrogen) atoms. The van der Waals surface area contributed by atoms with Crippen LogP contribution in [0.2, 0.25) is 0 Å². The highest BCUT2D eigenvalue weighted by atomic mass is 16.1. The quantitative estimate of drug-likeness (QED) is 0.670. The first-order chi connectivity index (χ1) is 6.79. The topological polar surface area (TPSA) is 30.0 Å². The van der Waals surface area contributed by atoms with E-state index in [4.69, 9.17) is 0 Å². The summed E-state index contributed by atoms with van der Waals surface area (Å²) in [7, 11) is 0. The van der Waals surface area contributed by atoms with Crippen molar-refractivity contribution < 1.29 is 4.79 Å². The summed E-state index contributed by atoms with van der Waals surface area (Å²) in [5.74, 6) is 0.226. The summed E-state index contributed by atoms with van der Waals surface area (Å²) in [4.78, 5) is 16.0. The third-order valence-electron chi connectivity index (χ3n) is 2.15. The van der Waals surface area contributed by atoms with Crippen molar-refractivity contribution in [3.63, 3.8) is 0 Å². The van der Waals surface area contributed by atoms with Crippen LogP contribution in [0.25, 0.3) is 0 Å². The summed E-state index contributed by atoms with van der Waals surface area (Å²) in [6, 6.07) is 3.72. The van der Waals surface area contributed by atoms with Crippen LogP contribution in [-0.2, 0) is 6.42 Å². The summed E-state index contributed by atoms with van der Waals surface area (Å²) in [6.45, 7) is 4.12. The summed E-state index contributed by atoms with van der Waals surface area (Å²) in [5.41, 5.74) is 1.77. The standard InChI is InChI=1S/C12H17NO/c1-3-6-11-10(8-5-9-13-11)12(14)7-4-2/h5,8-9H,3-4,6-7H2,1-2H3. The van der Waals surface area contributed by atoms with Crippen molar-refractivity contribution in [2.75, 3.05) is 0 Å². The van der Waals surface area contributed by atoms with Crippen LogP contribution in [0.5, 0.6) is 0 Å². The lowest BCUT2D eigenvalue weighted by Crippen LogP contribution is -2.05. The fraction of sp³-hybridized carbons (Fsp3) is 0.500. The first-order valence-electron chi connectivity index (χ1n) is 5.26. The zero-order valence-corrected chi connectivity index (χ0v) is 8.92. The van der Waals surface area contributed by atoms with Crippen molar-refractivity contribution in [1.29, 1.82) is 0 Å². The normalized spacial score (nSPS) is 10.1. The van der Waals surface area contributed by atoms with E-state index < -0.39 is 0 Å². The van der Waals surface area contributed by atoms with E-state index in [0.29, 0.717) is 6.42 Å². The van der Waals surface area contributed by atoms with Crippen LogP contribution >= 0.6 is 0 Å². The van der Waals surface area contributed by atoms with E-state index >= 15 is 0 Å². The van der Waals surface area contributed by atoms with E-state index in [1.807, 2.05) is 19.1 Å². The Morgan fingerprint density at radius 3 is 2.79 bits per heavy atom. The van der Waals surface area contributed by atoms with E-state index in [0.717, 1.165) is 30.5 Å². The molecule has 1 rings (SSSR count). The second kappa shape index (κ2) is 5.53. The van der Waals surface area contributed by atoms with Crippen molar-refractivity contribution in [3.05, 3.63) is 29.6 Å². The predicted molar refractivity (Wildman–Crippen MR) is 57.5 cm³/mol. The number of pyridine rings is 1. The van der Waals surface area contributed by atoms with Crippen molar-refractivity contribution in [2.45, 2.75) is 39.5 Å². The molecule has 0 saturated carbocycles. The van der Waals surface area contributed by atoms with Crippen molar-refractivity contribution >= 4 is 5.78 Å². The Morgan fingerprint density at radius 2 is 2.14 bits per heavy atom. The van der Waals surface area contributed by atoms with Gasteiger partial charge in [0.2, 0.25) is 0 Å². The lowest BCUT2D eigenvalue weighted by molar-refractivity contribution is 0.0980. The number of hydrogen-bond acceptors (Lipinski definition) is 2. The minimum absolute atomic E-state index is 0.226. The van der Waals surface area contributed by atoms with Gasteiger partial charge in [0.1, 0.15) is 0 Å². The van der Waals surface area contributed by atoms with Gasteiger partial charge >= 0.3 is 0 Å². The number of rotatable bonds is 5. The number of nitrogens with zero attached hydrogens (tertiary/aromatic N) is 1. The molecular formula is C12H17NO. The average molecular weight is 191 g/mol. The third-order valence-corrected chi connectivity index (χ3v) is 2.15. The van der Waals surface area contributed by atoms with Gasteiger partial charge < -0.3 is 0 Å². The Kier molecular flexibility index (Phi) is 4.30. The average Bonchev–Trinajstić information content (AvgIpc) is 2.19. The highest BCUT2D eigenvalue weighted by molar-refractivity contribution is 5.96. The number of ketones is 1. The van der Waals surface area contributed by atoms with Gasteiger partial charge in [0.15, 0.2) is 5.78 Å². The third kappa shape index (κ3) is 2.66. The monoisotopic (exact) mass is 191 g/mol. The zero-order valence-electron chi connectivity index (χ0n) is 8.92. The van der Waals surface area contributed by atoms with E-state index in [1.54, 1.807) is 6.20 Å². The molecule has 2 heteroatoms. The molecule has 0 aliphatic heterocycles. The molecule has 0 fully saturated rings. The second-order valence-electron chi connectivity index (χ2n) is 3.42. The van der Waals surface area contributed by atoms with Gasteiger partial charge in [-0.25, -0.2) is 0 Å². The Hall–Kier alpha value is -1.18. The smallest absolute Gasteiger partial charge is 0.164 e. The molecule has 0 amide bonds. The lowest BCUT2D eigenvalue weighted by Gasteiger charge is -2.05. The lowest BCUT2D eigenvalue weighted by atomic mass is 10.0. The number of Topliss-reactive ketones (excluding diaryl/α,β-unsaturated/α-hetero) is 1. The maximum atomic E-state index is 11.7. The summed E-state index contributed by atoms with van der Waals surface area (Å²) in [6.07, 6.45) is 5.21. The maximum Gasteiger partial charge on any atom is 0.164 e. The molecule has 0 atom stereocenters. The van der Waals surface area contributed by atoms with Crippen LogP contribution in [0.4, 0.5) is 0 Å². The Morgan fingerprint density at radius 1 is 1.36 bits per heavy atom. The van der Waals surface area contributed by atoms with Gasteiger partial charge in [-0.15, -0.1) is 0 Å². The summed E-state index contributed by atoms with van der Waals surface area (Å²) >= 11 is 0. The van der Waals surface area contributed by atoms with Crippen molar-refractivity contribution in [1.82, 2.24) is 4.98 Å². The van der Waals surface area contributed by atoms with Crippen LogP contribution in [0, 0.1) is 0 Å². The van der Waals surface area contributed by atoms with Gasteiger partial charge in [0.25, 0.3) is 0 Å². The van der Waals surface area contributed by atoms with Gasteiger partial charge in [-0.05, 0) is 25.0 Å². The molecule has 0 aromatic carbocycles. The van der Waals surface area contributed by atoms with Gasteiger partial charge in [0.05, 0.1) is 5.69 Å². The fourth-order valence-corrected chi connectivity index (χ4v) is 1.49. The first kappa shape index (κ1) is 10.9. The molecular weight excluding hydrogens is 174 g/mol. The van der Waals surface area contributed by atoms with Gasteiger partial charge in [-0.2, -0.15) is 0 Å². The number of aromatic nitrogens is 1. The van der Waals surface area contributed by atoms with Crippen LogP contribution < -0.4 is 0 Å². The molecule has 0 unspecified atom stereocenters. The fourth-order valence-electron chi connectivity index (χ4n) is 1.49. The van der Waals surface area contributed by atoms with E-state index in [-0.39, 0.29) is 5.78 Å². The molecule has 0 bridgehead atoms. The van der Waals surface area contributed by atoms with Crippen LogP contribution in [0.3, 0.4) is 0 Å². The highest BCUT2D eigenvalue weighted by Gasteiger charge is 2.09. The van der Waals surface area contributed by atoms with Gasteiger partial charge in [-0.1, -0.05) is 20.3 Å². The number of carbonyl (C=O) groups excluding carboxylic acids is 1. The van der Waals surface area contributed by atoms with E-state index in [1.165, 1.54) is 0 Å². The molecule has 2 nitrogen and oxygen atoms in total. The van der Waals surface area contributed by atoms with E-state index in [9.17, 15) is 4.79 Å². The molecule has 0 spiro atoms. The Labute approximate surface area is 85.4 Å². The van der Waals surface area contributed by atoms with Crippen molar-refractivity contribution in [2.24, 2.45) is 0 Å². The predicted octanol–water partition coefficient (Wildman–Crippen LogP) is 3.02. The van der Waals surface area contributed by atoms with Crippen molar-refractivity contribution in [3.8, 4) is 0 Å². The molecule has 0 saturated heterocycles. The first-order valence-corrected chi connectivity index (χ1v) is 5.26. The second-order valence-corrected chi connectivity index (χ2v) is 3.42. The van der Waals surface area contributed by atoms with E-state index in [2.05, 4.69) is 11.9 Å². The molecule has 76 valence electrons. The summed E-state index contributed by atoms with van der Waals surface area (Å²) in [5, 5.41) is 0. The van der Waals surface area contributed by atoms with Crippen LogP contribution in [0.15, 0.2) is 18.3 Å². The number of hydrogen-bond donors (Lipinski definition) is 0. The summed E-state index contributed by atoms with van der Waals surface area (Å²) < 4.78 is 0. The highest BCUT2D eigenvalue weighted by Crippen LogP contribution is 2.11. The molecule has 1 aromatic heterocycles. The largest absolute Gasteiger partial charge is 0.294 e. The molecule has 0 N–H and O–H groups in total. The molecule has 1 aromatic rings. The maximum absolute atomic E-state index is 11.7. The zero-order chi connectivity index (χ0) is 10.4. The molecule has 1 heterocycles. The Balaban J connectivity index is 2.88.